The van der Waals surface area contributed by atoms with E-state index >= 15 is 0 Å². The number of nitrogens with two attached hydrogens (primary N) is 1. The Bertz CT molecular complexity index is 630. The number of hydrogen-bond donors (Lipinski definition) is 3. The van der Waals surface area contributed by atoms with Gasteiger partial charge in [-0.2, -0.15) is 5.10 Å². The highest BCUT2D eigenvalue weighted by Gasteiger charge is 2.17. The van der Waals surface area contributed by atoms with Crippen molar-refractivity contribution >= 4 is 17.3 Å². The van der Waals surface area contributed by atoms with E-state index in [9.17, 15) is 18.0 Å². The maximum absolute atomic E-state index is 13.0. The van der Waals surface area contributed by atoms with Crippen molar-refractivity contribution in [1.29, 1.82) is 0 Å². The molecule has 1 aromatic heterocycles. The second-order valence-electron chi connectivity index (χ2n) is 3.82. The van der Waals surface area contributed by atoms with E-state index in [1.54, 1.807) is 6.92 Å². The molecule has 2 rings (SSSR count). The zero-order valence-corrected chi connectivity index (χ0v) is 9.72. The van der Waals surface area contributed by atoms with Crippen LogP contribution in [0.2, 0.25) is 0 Å². The second-order valence-corrected chi connectivity index (χ2v) is 3.82. The number of carbonyl (C=O) groups is 1. The lowest BCUT2D eigenvalue weighted by Crippen LogP contribution is -2.15. The fraction of sp³-hybridized carbons (Fsp3) is 0.0909. The largest absolute Gasteiger partial charge is 0.395 e. The minimum atomic E-state index is -1.60. The van der Waals surface area contributed by atoms with Crippen molar-refractivity contribution in [3.05, 3.63) is 41.0 Å². The van der Waals surface area contributed by atoms with Gasteiger partial charge in [-0.15, -0.1) is 0 Å². The van der Waals surface area contributed by atoms with E-state index in [1.807, 2.05) is 0 Å². The summed E-state index contributed by atoms with van der Waals surface area (Å²) in [7, 11) is 0. The monoisotopic (exact) mass is 270 g/mol. The SMILES string of the molecule is Cc1[nH]nc(C(=O)Nc2cc(F)c(F)c(F)c2)c1N. The molecule has 0 aliphatic rings. The summed E-state index contributed by atoms with van der Waals surface area (Å²) in [6.07, 6.45) is 0. The lowest BCUT2D eigenvalue weighted by atomic mass is 10.2. The van der Waals surface area contributed by atoms with Gasteiger partial charge in [0, 0.05) is 17.8 Å². The van der Waals surface area contributed by atoms with Crippen molar-refractivity contribution in [3.63, 3.8) is 0 Å². The molecule has 1 amide bonds. The summed E-state index contributed by atoms with van der Waals surface area (Å²) in [6.45, 7) is 1.61. The second kappa shape index (κ2) is 4.63. The maximum atomic E-state index is 13.0. The predicted octanol–water partition coefficient (Wildman–Crippen LogP) is 1.97. The number of amides is 1. The van der Waals surface area contributed by atoms with Crippen molar-refractivity contribution in [2.45, 2.75) is 6.92 Å². The van der Waals surface area contributed by atoms with E-state index in [4.69, 9.17) is 5.73 Å². The van der Waals surface area contributed by atoms with Crippen LogP contribution in [-0.2, 0) is 0 Å². The van der Waals surface area contributed by atoms with Crippen molar-refractivity contribution in [3.8, 4) is 0 Å². The van der Waals surface area contributed by atoms with Gasteiger partial charge in [-0.25, -0.2) is 13.2 Å². The summed E-state index contributed by atoms with van der Waals surface area (Å²) < 4.78 is 38.7. The Morgan fingerprint density at radius 3 is 2.37 bits per heavy atom. The van der Waals surface area contributed by atoms with Gasteiger partial charge in [0.25, 0.3) is 5.91 Å². The van der Waals surface area contributed by atoms with Gasteiger partial charge in [-0.05, 0) is 6.92 Å². The third-order valence-electron chi connectivity index (χ3n) is 2.45. The van der Waals surface area contributed by atoms with Gasteiger partial charge in [0.1, 0.15) is 0 Å². The maximum Gasteiger partial charge on any atom is 0.278 e. The van der Waals surface area contributed by atoms with Crippen LogP contribution in [0.15, 0.2) is 12.1 Å². The molecule has 0 aliphatic heterocycles. The van der Waals surface area contributed by atoms with Crippen LogP contribution in [0.1, 0.15) is 16.2 Å². The predicted molar refractivity (Wildman–Crippen MR) is 62.0 cm³/mol. The van der Waals surface area contributed by atoms with Crippen LogP contribution in [0.3, 0.4) is 0 Å². The Morgan fingerprint density at radius 2 is 1.89 bits per heavy atom. The molecule has 0 radical (unpaired) electrons. The molecule has 0 fully saturated rings. The molecule has 0 saturated heterocycles. The number of rotatable bonds is 2. The van der Waals surface area contributed by atoms with Gasteiger partial charge in [-0.1, -0.05) is 0 Å². The molecular weight excluding hydrogens is 261 g/mol. The third-order valence-corrected chi connectivity index (χ3v) is 2.45. The van der Waals surface area contributed by atoms with Crippen LogP contribution in [0.5, 0.6) is 0 Å². The molecule has 0 bridgehead atoms. The number of halogens is 3. The highest BCUT2D eigenvalue weighted by Crippen LogP contribution is 2.19. The van der Waals surface area contributed by atoms with Crippen LogP contribution >= 0.6 is 0 Å². The number of nitrogen functional groups attached to an aromatic ring is 1. The molecule has 2 aromatic rings. The number of nitrogens with zero attached hydrogens (tertiary/aromatic N) is 1. The highest BCUT2D eigenvalue weighted by molar-refractivity contribution is 6.06. The van der Waals surface area contributed by atoms with Crippen molar-refractivity contribution in [2.75, 3.05) is 11.1 Å². The fourth-order valence-electron chi connectivity index (χ4n) is 1.43. The van der Waals surface area contributed by atoms with E-state index in [0.29, 0.717) is 17.8 Å². The zero-order valence-electron chi connectivity index (χ0n) is 9.72. The van der Waals surface area contributed by atoms with Crippen LogP contribution in [0.25, 0.3) is 0 Å². The molecule has 1 heterocycles. The molecule has 0 spiro atoms. The smallest absolute Gasteiger partial charge is 0.278 e. The molecule has 0 atom stereocenters. The number of hydrogen-bond acceptors (Lipinski definition) is 3. The first-order valence-corrected chi connectivity index (χ1v) is 5.16. The Labute approximate surface area is 105 Å². The number of aryl methyl sites for hydroxylation is 1. The van der Waals surface area contributed by atoms with Crippen LogP contribution < -0.4 is 11.1 Å². The number of aromatic nitrogens is 2. The minimum absolute atomic E-state index is 0.109. The quantitative estimate of drug-likeness (QED) is 0.729. The average molecular weight is 270 g/mol. The minimum Gasteiger partial charge on any atom is -0.395 e. The van der Waals surface area contributed by atoms with Gasteiger partial charge in [0.2, 0.25) is 0 Å². The van der Waals surface area contributed by atoms with E-state index in [1.165, 1.54) is 0 Å². The number of anilines is 2. The van der Waals surface area contributed by atoms with Crippen LogP contribution in [-0.4, -0.2) is 16.1 Å². The summed E-state index contributed by atoms with van der Waals surface area (Å²) in [5.41, 5.74) is 5.85. The number of nitrogens with one attached hydrogen (secondary N) is 2. The van der Waals surface area contributed by atoms with E-state index < -0.39 is 23.4 Å². The summed E-state index contributed by atoms with van der Waals surface area (Å²) in [5.74, 6) is -5.16. The van der Waals surface area contributed by atoms with Gasteiger partial charge in [0.05, 0.1) is 11.4 Å². The van der Waals surface area contributed by atoms with Gasteiger partial charge in [-0.3, -0.25) is 9.89 Å². The summed E-state index contributed by atoms with van der Waals surface area (Å²) in [6, 6.07) is 1.32. The first-order valence-electron chi connectivity index (χ1n) is 5.16. The first-order chi connectivity index (χ1) is 8.90. The van der Waals surface area contributed by atoms with Gasteiger partial charge in [0.15, 0.2) is 23.1 Å². The van der Waals surface area contributed by atoms with E-state index in [0.717, 1.165) is 0 Å². The van der Waals surface area contributed by atoms with Gasteiger partial charge >= 0.3 is 0 Å². The van der Waals surface area contributed by atoms with E-state index in [2.05, 4.69) is 15.5 Å². The molecule has 100 valence electrons. The molecule has 5 nitrogen and oxygen atoms in total. The Morgan fingerprint density at radius 1 is 1.32 bits per heavy atom. The third kappa shape index (κ3) is 2.37. The van der Waals surface area contributed by atoms with Gasteiger partial charge < -0.3 is 11.1 Å². The molecule has 1 aromatic carbocycles. The lowest BCUT2D eigenvalue weighted by molar-refractivity contribution is 0.102. The highest BCUT2D eigenvalue weighted by atomic mass is 19.2. The number of H-pyrrole nitrogens is 1. The molecule has 4 N–H and O–H groups in total. The van der Waals surface area contributed by atoms with Crippen molar-refractivity contribution in [2.24, 2.45) is 0 Å². The van der Waals surface area contributed by atoms with Crippen LogP contribution in [0, 0.1) is 24.4 Å². The Hall–Kier alpha value is -2.51. The molecule has 19 heavy (non-hydrogen) atoms. The molecular formula is C11H9F3N4O. The Kier molecular flexibility index (Phi) is 3.16. The van der Waals surface area contributed by atoms with Crippen LogP contribution in [0.4, 0.5) is 24.5 Å². The topological polar surface area (TPSA) is 83.8 Å². The van der Waals surface area contributed by atoms with E-state index in [-0.39, 0.29) is 17.1 Å². The first kappa shape index (κ1) is 12.9. The normalized spacial score (nSPS) is 10.5. The number of carbonyl (C=O) groups excluding carboxylic acids is 1. The zero-order chi connectivity index (χ0) is 14.2. The molecule has 0 aliphatic carbocycles. The molecule has 8 heteroatoms. The lowest BCUT2D eigenvalue weighted by Gasteiger charge is -2.05. The summed E-state index contributed by atoms with van der Waals surface area (Å²) in [5, 5.41) is 8.31. The number of benzene rings is 1. The molecule has 0 unspecified atom stereocenters. The number of aromatic amines is 1. The summed E-state index contributed by atoms with van der Waals surface area (Å²) >= 11 is 0. The fourth-order valence-corrected chi connectivity index (χ4v) is 1.43. The molecule has 0 saturated carbocycles. The standard InChI is InChI=1S/C11H9F3N4O/c1-4-9(15)10(18-17-4)11(19)16-5-2-6(12)8(14)7(13)3-5/h2-3H,15H2,1H3,(H,16,19)(H,17,18). The van der Waals surface area contributed by atoms with Crippen molar-refractivity contribution in [1.82, 2.24) is 10.2 Å². The van der Waals surface area contributed by atoms with Crippen molar-refractivity contribution < 1.29 is 18.0 Å². The average Bonchev–Trinajstić information content (AvgIpc) is 2.67. The summed E-state index contributed by atoms with van der Waals surface area (Å²) in [4.78, 5) is 11.7. The Balaban J connectivity index is 2.27.